The normalized spacial score (nSPS) is 38.5. The highest BCUT2D eigenvalue weighted by molar-refractivity contribution is 5.10. The average Bonchev–Trinajstić information content (AvgIpc) is 2.86. The molecule has 0 amide bonds. The van der Waals surface area contributed by atoms with Gasteiger partial charge in [-0.15, -0.1) is 0 Å². The summed E-state index contributed by atoms with van der Waals surface area (Å²) in [4.78, 5) is 0. The Morgan fingerprint density at radius 1 is 1.47 bits per heavy atom. The zero-order valence-electron chi connectivity index (χ0n) is 9.15. The van der Waals surface area contributed by atoms with Gasteiger partial charge in [0.2, 0.25) is 0 Å². The molecular weight excluding hydrogens is 190 g/mol. The van der Waals surface area contributed by atoms with E-state index in [0.717, 1.165) is 31.7 Å². The molecule has 86 valence electrons. The lowest BCUT2D eigenvalue weighted by Crippen LogP contribution is -2.24. The van der Waals surface area contributed by atoms with Gasteiger partial charge in [0.1, 0.15) is 0 Å². The van der Waals surface area contributed by atoms with Crippen LogP contribution in [-0.2, 0) is 0 Å². The lowest BCUT2D eigenvalue weighted by Gasteiger charge is -2.11. The van der Waals surface area contributed by atoms with E-state index in [1.54, 1.807) is 6.08 Å². The first kappa shape index (κ1) is 11.0. The standard InChI is InChI=1S/C12H21NO2/c14-6-2-1-5-13-9-12-4-3-10(8-15)11(12)7-12/h2,6,10-11,13-15H,1,3-5,7-9H2/b6-2+/t10?,11-,12-/m0/s1. The molecule has 0 aromatic rings. The second kappa shape index (κ2) is 4.54. The van der Waals surface area contributed by atoms with Crippen LogP contribution in [0.25, 0.3) is 0 Å². The van der Waals surface area contributed by atoms with Crippen molar-refractivity contribution in [1.82, 2.24) is 5.32 Å². The maximum Gasteiger partial charge on any atom is 0.0752 e. The number of fused-ring (bicyclic) bond motifs is 1. The third-order valence-corrected chi connectivity index (χ3v) is 4.14. The minimum absolute atomic E-state index is 0.375. The van der Waals surface area contributed by atoms with Crippen molar-refractivity contribution in [2.45, 2.75) is 25.7 Å². The van der Waals surface area contributed by atoms with Crippen LogP contribution in [0.4, 0.5) is 0 Å². The average molecular weight is 211 g/mol. The van der Waals surface area contributed by atoms with Crippen LogP contribution < -0.4 is 5.32 Å². The van der Waals surface area contributed by atoms with Gasteiger partial charge in [0.05, 0.1) is 6.26 Å². The third kappa shape index (κ3) is 2.18. The van der Waals surface area contributed by atoms with Gasteiger partial charge in [0, 0.05) is 13.2 Å². The van der Waals surface area contributed by atoms with Crippen molar-refractivity contribution in [1.29, 1.82) is 0 Å². The Bertz CT molecular complexity index is 242. The van der Waals surface area contributed by atoms with Gasteiger partial charge in [-0.1, -0.05) is 0 Å². The van der Waals surface area contributed by atoms with Gasteiger partial charge in [-0.05, 0) is 55.6 Å². The fourth-order valence-electron chi connectivity index (χ4n) is 3.11. The van der Waals surface area contributed by atoms with E-state index in [1.807, 2.05) is 0 Å². The summed E-state index contributed by atoms with van der Waals surface area (Å²) >= 11 is 0. The Balaban J connectivity index is 1.65. The number of hydrogen-bond acceptors (Lipinski definition) is 3. The predicted octanol–water partition coefficient (Wildman–Crippen LogP) is 1.45. The summed E-state index contributed by atoms with van der Waals surface area (Å²) in [6, 6.07) is 0. The number of nitrogens with one attached hydrogen (secondary N) is 1. The van der Waals surface area contributed by atoms with Gasteiger partial charge < -0.3 is 15.5 Å². The van der Waals surface area contributed by atoms with Gasteiger partial charge >= 0.3 is 0 Å². The number of aliphatic hydroxyl groups excluding tert-OH is 2. The summed E-state index contributed by atoms with van der Waals surface area (Å²) in [6.45, 7) is 2.41. The maximum atomic E-state index is 9.16. The SMILES string of the molecule is O/C=C/CCNC[C@@]12CCC(CO)[C@@H]1C2. The molecule has 0 aliphatic heterocycles. The summed E-state index contributed by atoms with van der Waals surface area (Å²) in [5.74, 6) is 1.35. The van der Waals surface area contributed by atoms with E-state index >= 15 is 0 Å². The first-order valence-electron chi connectivity index (χ1n) is 5.93. The summed E-state index contributed by atoms with van der Waals surface area (Å²) in [6.07, 6.45) is 7.56. The molecule has 0 bridgehead atoms. The monoisotopic (exact) mass is 211 g/mol. The molecule has 2 aliphatic rings. The highest BCUT2D eigenvalue weighted by Crippen LogP contribution is 2.65. The van der Waals surface area contributed by atoms with Gasteiger partial charge in [0.25, 0.3) is 0 Å². The molecule has 0 saturated heterocycles. The number of rotatable bonds is 6. The molecule has 0 aromatic heterocycles. The van der Waals surface area contributed by atoms with Crippen molar-refractivity contribution in [3.63, 3.8) is 0 Å². The minimum atomic E-state index is 0.375. The number of aliphatic hydroxyl groups is 2. The lowest BCUT2D eigenvalue weighted by molar-refractivity contribution is 0.214. The van der Waals surface area contributed by atoms with Gasteiger partial charge in [0.15, 0.2) is 0 Å². The molecule has 1 unspecified atom stereocenters. The Morgan fingerprint density at radius 2 is 2.33 bits per heavy atom. The molecule has 2 aliphatic carbocycles. The van der Waals surface area contributed by atoms with Crippen LogP contribution in [0.1, 0.15) is 25.7 Å². The Hall–Kier alpha value is -0.540. The van der Waals surface area contributed by atoms with Gasteiger partial charge in [-0.3, -0.25) is 0 Å². The Morgan fingerprint density at radius 3 is 2.93 bits per heavy atom. The smallest absolute Gasteiger partial charge is 0.0752 e. The largest absolute Gasteiger partial charge is 0.516 e. The van der Waals surface area contributed by atoms with E-state index in [4.69, 9.17) is 10.2 Å². The maximum absolute atomic E-state index is 9.16. The minimum Gasteiger partial charge on any atom is -0.516 e. The van der Waals surface area contributed by atoms with E-state index in [1.165, 1.54) is 19.3 Å². The van der Waals surface area contributed by atoms with Crippen LogP contribution in [0, 0.1) is 17.3 Å². The zero-order valence-corrected chi connectivity index (χ0v) is 9.15. The quantitative estimate of drug-likeness (QED) is 0.460. The third-order valence-electron chi connectivity index (χ3n) is 4.14. The number of hydrogen-bond donors (Lipinski definition) is 3. The van der Waals surface area contributed by atoms with E-state index in [9.17, 15) is 0 Å². The molecule has 0 heterocycles. The van der Waals surface area contributed by atoms with Crippen LogP contribution in [0.5, 0.6) is 0 Å². The van der Waals surface area contributed by atoms with Crippen LogP contribution >= 0.6 is 0 Å². The summed E-state index contributed by atoms with van der Waals surface area (Å²) in [5, 5.41) is 21.1. The van der Waals surface area contributed by atoms with Crippen molar-refractivity contribution in [3.05, 3.63) is 12.3 Å². The van der Waals surface area contributed by atoms with Crippen LogP contribution in [0.15, 0.2) is 12.3 Å². The molecule has 2 fully saturated rings. The van der Waals surface area contributed by atoms with E-state index in [0.29, 0.717) is 17.9 Å². The van der Waals surface area contributed by atoms with E-state index in [2.05, 4.69) is 5.32 Å². The topological polar surface area (TPSA) is 52.5 Å². The first-order valence-corrected chi connectivity index (χ1v) is 5.93. The van der Waals surface area contributed by atoms with Gasteiger partial charge in [-0.2, -0.15) is 0 Å². The molecule has 0 aromatic carbocycles. The Kier molecular flexibility index (Phi) is 3.32. The fraction of sp³-hybridized carbons (Fsp3) is 0.833. The molecule has 3 nitrogen and oxygen atoms in total. The molecule has 2 saturated carbocycles. The summed E-state index contributed by atoms with van der Waals surface area (Å²) in [5.41, 5.74) is 0.524. The van der Waals surface area contributed by atoms with E-state index in [-0.39, 0.29) is 0 Å². The highest BCUT2D eigenvalue weighted by Gasteiger charge is 2.60. The Labute approximate surface area is 91.2 Å². The van der Waals surface area contributed by atoms with Crippen molar-refractivity contribution in [2.75, 3.05) is 19.7 Å². The molecule has 15 heavy (non-hydrogen) atoms. The molecule has 2 rings (SSSR count). The molecule has 3 N–H and O–H groups in total. The van der Waals surface area contributed by atoms with Crippen molar-refractivity contribution >= 4 is 0 Å². The second-order valence-corrected chi connectivity index (χ2v) is 5.00. The van der Waals surface area contributed by atoms with Gasteiger partial charge in [-0.25, -0.2) is 0 Å². The second-order valence-electron chi connectivity index (χ2n) is 5.00. The molecule has 3 heteroatoms. The van der Waals surface area contributed by atoms with Crippen LogP contribution in [0.3, 0.4) is 0 Å². The fourth-order valence-corrected chi connectivity index (χ4v) is 3.11. The summed E-state index contributed by atoms with van der Waals surface area (Å²) < 4.78 is 0. The van der Waals surface area contributed by atoms with Crippen LogP contribution in [0.2, 0.25) is 0 Å². The molecule has 0 spiro atoms. The highest BCUT2D eigenvalue weighted by atomic mass is 16.3. The van der Waals surface area contributed by atoms with Crippen molar-refractivity contribution in [3.8, 4) is 0 Å². The first-order chi connectivity index (χ1) is 7.32. The summed E-state index contributed by atoms with van der Waals surface area (Å²) in [7, 11) is 0. The van der Waals surface area contributed by atoms with Crippen molar-refractivity contribution < 1.29 is 10.2 Å². The lowest BCUT2D eigenvalue weighted by atomic mass is 10.0. The zero-order chi connectivity index (χ0) is 10.7. The van der Waals surface area contributed by atoms with E-state index < -0.39 is 0 Å². The van der Waals surface area contributed by atoms with Crippen molar-refractivity contribution in [2.24, 2.45) is 17.3 Å². The molecule has 3 atom stereocenters. The predicted molar refractivity (Wildman–Crippen MR) is 59.6 cm³/mol. The molecule has 0 radical (unpaired) electrons. The molecular formula is C12H21NO2. The van der Waals surface area contributed by atoms with Crippen LogP contribution in [-0.4, -0.2) is 29.9 Å².